The molecule has 2 bridgehead atoms. The maximum Gasteiger partial charge on any atom is 0.387 e. The van der Waals surface area contributed by atoms with Crippen LogP contribution >= 0.6 is 0 Å². The fraction of sp³-hybridized carbons (Fsp3) is 0.550. The molecular formula is C20H22F3N5O2. The Morgan fingerprint density at radius 1 is 1.20 bits per heavy atom. The van der Waals surface area contributed by atoms with E-state index in [0.29, 0.717) is 36.5 Å². The molecular weight excluding hydrogens is 399 g/mol. The molecule has 1 saturated carbocycles. The Hall–Kier alpha value is -2.62. The van der Waals surface area contributed by atoms with Gasteiger partial charge in [0.05, 0.1) is 24.4 Å². The van der Waals surface area contributed by atoms with Crippen molar-refractivity contribution in [2.75, 3.05) is 23.8 Å². The van der Waals surface area contributed by atoms with Gasteiger partial charge in [-0.1, -0.05) is 0 Å². The van der Waals surface area contributed by atoms with E-state index in [1.54, 1.807) is 0 Å². The zero-order chi connectivity index (χ0) is 20.8. The van der Waals surface area contributed by atoms with E-state index in [4.69, 9.17) is 15.5 Å². The van der Waals surface area contributed by atoms with Crippen LogP contribution in [-0.2, 0) is 4.74 Å². The highest BCUT2D eigenvalue weighted by atomic mass is 19.3. The van der Waals surface area contributed by atoms with Crippen molar-refractivity contribution in [1.82, 2.24) is 15.0 Å². The number of ether oxygens (including phenoxy) is 2. The number of fused-ring (bicyclic) bond motifs is 3. The second-order valence-electron chi connectivity index (χ2n) is 8.06. The molecule has 6 rings (SSSR count). The summed E-state index contributed by atoms with van der Waals surface area (Å²) in [5.74, 6) is 0.909. The summed E-state index contributed by atoms with van der Waals surface area (Å²) in [7, 11) is 0. The molecule has 0 radical (unpaired) electrons. The second-order valence-corrected chi connectivity index (χ2v) is 8.06. The van der Waals surface area contributed by atoms with Crippen LogP contribution in [0.4, 0.5) is 24.8 Å². The molecule has 0 amide bonds. The van der Waals surface area contributed by atoms with Crippen molar-refractivity contribution in [3.8, 4) is 17.0 Å². The van der Waals surface area contributed by atoms with Gasteiger partial charge < -0.3 is 20.1 Å². The van der Waals surface area contributed by atoms with Gasteiger partial charge in [-0.05, 0) is 31.7 Å². The van der Waals surface area contributed by atoms with Crippen LogP contribution in [0.2, 0.25) is 0 Å². The number of hydrogen-bond acceptors (Lipinski definition) is 7. The lowest BCUT2D eigenvalue weighted by Crippen LogP contribution is -2.55. The van der Waals surface area contributed by atoms with Gasteiger partial charge in [-0.15, -0.1) is 0 Å². The van der Waals surface area contributed by atoms with Gasteiger partial charge in [-0.25, -0.2) is 19.3 Å². The number of halogens is 3. The zero-order valence-electron chi connectivity index (χ0n) is 16.2. The summed E-state index contributed by atoms with van der Waals surface area (Å²) in [5, 5.41) is 0. The molecule has 2 aromatic heterocycles. The average molecular weight is 421 g/mol. The number of piperidine rings is 1. The van der Waals surface area contributed by atoms with Gasteiger partial charge in [0.2, 0.25) is 0 Å². The average Bonchev–Trinajstić information content (AvgIpc) is 2.73. The summed E-state index contributed by atoms with van der Waals surface area (Å²) in [6.45, 7) is -1.64. The smallest absolute Gasteiger partial charge is 0.387 e. The van der Waals surface area contributed by atoms with Gasteiger partial charge >= 0.3 is 6.61 Å². The van der Waals surface area contributed by atoms with E-state index in [-0.39, 0.29) is 29.6 Å². The predicted molar refractivity (Wildman–Crippen MR) is 103 cm³/mol. The Labute approximate surface area is 171 Å². The van der Waals surface area contributed by atoms with E-state index in [1.807, 2.05) is 6.07 Å². The van der Waals surface area contributed by atoms with Crippen LogP contribution < -0.4 is 15.4 Å². The van der Waals surface area contributed by atoms with Crippen molar-refractivity contribution in [2.24, 2.45) is 0 Å². The summed E-state index contributed by atoms with van der Waals surface area (Å²) in [4.78, 5) is 15.5. The SMILES string of the molecule is Nc1ncc(-c2cc(N3C[C@@H]4CC[C@H]3CO4)nc(C3CC(F)C3)n2)cc1OC(F)F. The number of aromatic nitrogens is 3. The second kappa shape index (κ2) is 7.57. The summed E-state index contributed by atoms with van der Waals surface area (Å²) < 4.78 is 49.1. The third-order valence-corrected chi connectivity index (χ3v) is 6.05. The minimum Gasteiger partial charge on any atom is -0.431 e. The highest BCUT2D eigenvalue weighted by molar-refractivity contribution is 5.67. The third-order valence-electron chi connectivity index (χ3n) is 6.05. The third kappa shape index (κ3) is 3.64. The van der Waals surface area contributed by atoms with E-state index in [2.05, 4.69) is 19.6 Å². The molecule has 30 heavy (non-hydrogen) atoms. The van der Waals surface area contributed by atoms with Crippen LogP contribution in [0.3, 0.4) is 0 Å². The number of nitrogens with two attached hydrogens (primary N) is 1. The van der Waals surface area contributed by atoms with E-state index < -0.39 is 12.8 Å². The number of anilines is 2. The molecule has 1 aliphatic carbocycles. The molecule has 2 aromatic rings. The lowest BCUT2D eigenvalue weighted by molar-refractivity contribution is -0.0494. The summed E-state index contributed by atoms with van der Waals surface area (Å²) in [5.41, 5.74) is 6.67. The molecule has 3 aliphatic heterocycles. The molecule has 3 saturated heterocycles. The molecule has 5 heterocycles. The van der Waals surface area contributed by atoms with Crippen molar-refractivity contribution < 1.29 is 22.6 Å². The van der Waals surface area contributed by atoms with Crippen LogP contribution in [-0.4, -0.2) is 53.0 Å². The molecule has 4 aliphatic rings. The fourth-order valence-corrected chi connectivity index (χ4v) is 4.31. The van der Waals surface area contributed by atoms with Gasteiger partial charge in [0.15, 0.2) is 11.6 Å². The zero-order valence-corrected chi connectivity index (χ0v) is 16.2. The summed E-state index contributed by atoms with van der Waals surface area (Å²) >= 11 is 0. The lowest BCUT2D eigenvalue weighted by atomic mass is 9.83. The first kappa shape index (κ1) is 19.3. The van der Waals surface area contributed by atoms with Crippen molar-refractivity contribution in [3.05, 3.63) is 24.2 Å². The maximum absolute atomic E-state index is 13.5. The van der Waals surface area contributed by atoms with Gasteiger partial charge in [-0.2, -0.15) is 8.78 Å². The molecule has 160 valence electrons. The molecule has 0 unspecified atom stereocenters. The Balaban J connectivity index is 1.54. The van der Waals surface area contributed by atoms with Crippen LogP contribution in [0, 0.1) is 0 Å². The Kier molecular flexibility index (Phi) is 4.88. The summed E-state index contributed by atoms with van der Waals surface area (Å²) in [6, 6.07) is 3.44. The van der Waals surface area contributed by atoms with Gasteiger partial charge in [0.1, 0.15) is 17.8 Å². The normalized spacial score (nSPS) is 27.9. The summed E-state index contributed by atoms with van der Waals surface area (Å²) in [6.07, 6.45) is 3.61. The first-order valence-electron chi connectivity index (χ1n) is 10.1. The Morgan fingerprint density at radius 2 is 2.03 bits per heavy atom. The minimum atomic E-state index is -3.01. The topological polar surface area (TPSA) is 86.4 Å². The molecule has 0 spiro atoms. The Bertz CT molecular complexity index is 933. The first-order chi connectivity index (χ1) is 14.5. The van der Waals surface area contributed by atoms with Crippen LogP contribution in [0.15, 0.2) is 18.3 Å². The highest BCUT2D eigenvalue weighted by Crippen LogP contribution is 2.40. The number of hydrogen-bond donors (Lipinski definition) is 1. The number of rotatable bonds is 5. The van der Waals surface area contributed by atoms with E-state index in [0.717, 1.165) is 25.2 Å². The van der Waals surface area contributed by atoms with Crippen LogP contribution in [0.5, 0.6) is 5.75 Å². The van der Waals surface area contributed by atoms with Crippen molar-refractivity contribution in [2.45, 2.75) is 56.5 Å². The minimum absolute atomic E-state index is 0.0598. The molecule has 2 N–H and O–H groups in total. The largest absolute Gasteiger partial charge is 0.431 e. The Morgan fingerprint density at radius 3 is 2.67 bits per heavy atom. The lowest BCUT2D eigenvalue weighted by Gasteiger charge is -2.46. The van der Waals surface area contributed by atoms with Crippen LogP contribution in [0.25, 0.3) is 11.3 Å². The monoisotopic (exact) mass is 421 g/mol. The van der Waals surface area contributed by atoms with Gasteiger partial charge in [-0.3, -0.25) is 0 Å². The quantitative estimate of drug-likeness (QED) is 0.793. The highest BCUT2D eigenvalue weighted by Gasteiger charge is 2.37. The number of morpholine rings is 1. The molecule has 0 aromatic carbocycles. The predicted octanol–water partition coefficient (Wildman–Crippen LogP) is 3.31. The molecule has 7 nitrogen and oxygen atoms in total. The van der Waals surface area contributed by atoms with Crippen molar-refractivity contribution in [3.63, 3.8) is 0 Å². The number of alkyl halides is 3. The molecule has 2 atom stereocenters. The fourth-order valence-electron chi connectivity index (χ4n) is 4.31. The van der Waals surface area contributed by atoms with E-state index in [1.165, 1.54) is 12.3 Å². The number of pyridine rings is 1. The standard InChI is InChI=1S/C20H22F3N5O2/c21-12-3-10(4-12)19-26-15(11-5-16(30-20(22)23)18(24)25-7-11)6-17(27-19)28-8-14-2-1-13(28)9-29-14/h5-7,10,12-14,20H,1-4,8-9H2,(H2,24,25)/t10?,12?,13-,14-/m0/s1. The molecule has 10 heteroatoms. The number of nitrogens with zero attached hydrogens (tertiary/aromatic N) is 4. The van der Waals surface area contributed by atoms with Crippen molar-refractivity contribution in [1.29, 1.82) is 0 Å². The molecule has 4 fully saturated rings. The number of nitrogen functional groups attached to an aromatic ring is 1. The van der Waals surface area contributed by atoms with E-state index >= 15 is 0 Å². The van der Waals surface area contributed by atoms with Gasteiger partial charge in [0.25, 0.3) is 0 Å². The van der Waals surface area contributed by atoms with Crippen molar-refractivity contribution >= 4 is 11.6 Å². The maximum atomic E-state index is 13.5. The van der Waals surface area contributed by atoms with Gasteiger partial charge in [0, 0.05) is 30.3 Å². The van der Waals surface area contributed by atoms with E-state index in [9.17, 15) is 13.2 Å². The first-order valence-corrected chi connectivity index (χ1v) is 10.1. The van der Waals surface area contributed by atoms with Crippen LogP contribution in [0.1, 0.15) is 37.4 Å².